The summed E-state index contributed by atoms with van der Waals surface area (Å²) in [7, 11) is 0. The Bertz CT molecular complexity index is 672. The van der Waals surface area contributed by atoms with Gasteiger partial charge in [-0.1, -0.05) is 30.3 Å². The molecule has 0 aromatic heterocycles. The molecule has 1 N–H and O–H groups in total. The molecule has 2 atom stereocenters. The Morgan fingerprint density at radius 2 is 1.83 bits per heavy atom. The third-order valence-corrected chi connectivity index (χ3v) is 5.73. The van der Waals surface area contributed by atoms with Gasteiger partial charge in [0.25, 0.3) is 5.91 Å². The highest BCUT2D eigenvalue weighted by Gasteiger charge is 2.28. The number of rotatable bonds is 4. The van der Waals surface area contributed by atoms with Crippen LogP contribution in [0, 0.1) is 0 Å². The first kappa shape index (κ1) is 17.1. The molecular formula is C20H24N2OS. The molecule has 0 bridgehead atoms. The molecule has 1 amide bonds. The van der Waals surface area contributed by atoms with Crippen LogP contribution in [0.3, 0.4) is 0 Å². The molecule has 2 aromatic carbocycles. The van der Waals surface area contributed by atoms with Crippen molar-refractivity contribution in [1.82, 2.24) is 10.2 Å². The Morgan fingerprint density at radius 3 is 2.54 bits per heavy atom. The molecule has 2 aromatic rings. The van der Waals surface area contributed by atoms with E-state index in [2.05, 4.69) is 55.6 Å². The van der Waals surface area contributed by atoms with Gasteiger partial charge in [-0.25, -0.2) is 0 Å². The topological polar surface area (TPSA) is 32.3 Å². The van der Waals surface area contributed by atoms with E-state index in [0.29, 0.717) is 6.04 Å². The number of nitrogens with one attached hydrogen (secondary N) is 1. The number of hydrogen-bond donors (Lipinski definition) is 1. The van der Waals surface area contributed by atoms with Crippen molar-refractivity contribution >= 4 is 17.7 Å². The molecule has 1 fully saturated rings. The van der Waals surface area contributed by atoms with Gasteiger partial charge in [0, 0.05) is 41.4 Å². The van der Waals surface area contributed by atoms with Crippen LogP contribution in [0.15, 0.2) is 59.5 Å². The van der Waals surface area contributed by atoms with Gasteiger partial charge in [-0.3, -0.25) is 4.79 Å². The van der Waals surface area contributed by atoms with E-state index in [4.69, 9.17) is 0 Å². The van der Waals surface area contributed by atoms with Crippen LogP contribution in [-0.4, -0.2) is 36.0 Å². The third-order valence-electron chi connectivity index (χ3n) is 4.64. The van der Waals surface area contributed by atoms with Crippen molar-refractivity contribution in [2.75, 3.05) is 13.1 Å². The van der Waals surface area contributed by atoms with E-state index in [1.807, 2.05) is 34.9 Å². The first-order valence-electron chi connectivity index (χ1n) is 8.46. The minimum absolute atomic E-state index is 0.137. The second-order valence-corrected chi connectivity index (χ2v) is 7.33. The fourth-order valence-electron chi connectivity index (χ4n) is 2.94. The summed E-state index contributed by atoms with van der Waals surface area (Å²) < 4.78 is 0. The number of nitrogens with zero attached hydrogens (tertiary/aromatic N) is 1. The Kier molecular flexibility index (Phi) is 5.59. The summed E-state index contributed by atoms with van der Waals surface area (Å²) in [4.78, 5) is 16.0. The molecule has 3 rings (SSSR count). The third kappa shape index (κ3) is 4.00. The van der Waals surface area contributed by atoms with Gasteiger partial charge < -0.3 is 10.2 Å². The van der Waals surface area contributed by atoms with Gasteiger partial charge in [-0.15, -0.1) is 11.8 Å². The predicted molar refractivity (Wildman–Crippen MR) is 100 cm³/mol. The van der Waals surface area contributed by atoms with E-state index in [1.54, 1.807) is 0 Å². The molecule has 0 spiro atoms. The van der Waals surface area contributed by atoms with Crippen LogP contribution in [0.2, 0.25) is 0 Å². The predicted octanol–water partition coefficient (Wildman–Crippen LogP) is 3.80. The van der Waals surface area contributed by atoms with Crippen LogP contribution in [-0.2, 0) is 5.75 Å². The monoisotopic (exact) mass is 340 g/mol. The molecule has 3 nitrogen and oxygen atoms in total. The highest BCUT2D eigenvalue weighted by molar-refractivity contribution is 7.98. The maximum Gasteiger partial charge on any atom is 0.254 e. The number of carbonyl (C=O) groups excluding carboxylic acids is 1. The number of hydrogen-bond acceptors (Lipinski definition) is 3. The van der Waals surface area contributed by atoms with Gasteiger partial charge >= 0.3 is 0 Å². The normalized spacial score (nSPS) is 20.8. The van der Waals surface area contributed by atoms with Gasteiger partial charge in [-0.05, 0) is 43.7 Å². The summed E-state index contributed by atoms with van der Waals surface area (Å²) in [6.07, 6.45) is 0. The van der Waals surface area contributed by atoms with E-state index >= 15 is 0 Å². The average molecular weight is 340 g/mol. The fourth-order valence-corrected chi connectivity index (χ4v) is 3.81. The van der Waals surface area contributed by atoms with Crippen molar-refractivity contribution < 1.29 is 4.79 Å². The van der Waals surface area contributed by atoms with E-state index in [0.717, 1.165) is 24.4 Å². The number of piperazine rings is 1. The zero-order chi connectivity index (χ0) is 16.9. The SMILES string of the molecule is CC1NCCN(C(=O)c2ccc(CSc3ccccc3)cc2)C1C. The highest BCUT2D eigenvalue weighted by atomic mass is 32.2. The summed E-state index contributed by atoms with van der Waals surface area (Å²) >= 11 is 1.81. The summed E-state index contributed by atoms with van der Waals surface area (Å²) in [5, 5.41) is 3.41. The second kappa shape index (κ2) is 7.86. The first-order chi connectivity index (χ1) is 11.6. The number of carbonyl (C=O) groups is 1. The molecule has 126 valence electrons. The molecule has 0 aliphatic carbocycles. The molecule has 1 aliphatic rings. The maximum absolute atomic E-state index is 12.7. The summed E-state index contributed by atoms with van der Waals surface area (Å²) in [5.74, 6) is 1.05. The quantitative estimate of drug-likeness (QED) is 0.859. The first-order valence-corrected chi connectivity index (χ1v) is 9.45. The average Bonchev–Trinajstić information content (AvgIpc) is 2.63. The van der Waals surface area contributed by atoms with Crippen LogP contribution in [0.1, 0.15) is 29.8 Å². The largest absolute Gasteiger partial charge is 0.333 e. The Hall–Kier alpha value is -1.78. The molecule has 0 radical (unpaired) electrons. The van der Waals surface area contributed by atoms with E-state index in [-0.39, 0.29) is 11.9 Å². The molecule has 0 saturated carbocycles. The van der Waals surface area contributed by atoms with Crippen molar-refractivity contribution in [3.05, 3.63) is 65.7 Å². The molecular weight excluding hydrogens is 316 g/mol. The minimum atomic E-state index is 0.137. The lowest BCUT2D eigenvalue weighted by Gasteiger charge is -2.38. The van der Waals surface area contributed by atoms with Gasteiger partial charge in [0.05, 0.1) is 0 Å². The zero-order valence-corrected chi connectivity index (χ0v) is 15.1. The molecule has 1 saturated heterocycles. The van der Waals surface area contributed by atoms with Crippen molar-refractivity contribution in [3.63, 3.8) is 0 Å². The van der Waals surface area contributed by atoms with Crippen LogP contribution >= 0.6 is 11.8 Å². The van der Waals surface area contributed by atoms with Crippen LogP contribution in [0.4, 0.5) is 0 Å². The lowest BCUT2D eigenvalue weighted by Crippen LogP contribution is -2.57. The maximum atomic E-state index is 12.7. The lowest BCUT2D eigenvalue weighted by atomic mass is 10.0. The van der Waals surface area contributed by atoms with E-state index < -0.39 is 0 Å². The van der Waals surface area contributed by atoms with Crippen LogP contribution < -0.4 is 5.32 Å². The highest BCUT2D eigenvalue weighted by Crippen LogP contribution is 2.23. The fraction of sp³-hybridized carbons (Fsp3) is 0.350. The molecule has 24 heavy (non-hydrogen) atoms. The Labute approximate surface area is 148 Å². The molecule has 1 heterocycles. The summed E-state index contributed by atoms with van der Waals surface area (Å²) in [6, 6.07) is 19.0. The second-order valence-electron chi connectivity index (χ2n) is 6.28. The van der Waals surface area contributed by atoms with Crippen LogP contribution in [0.5, 0.6) is 0 Å². The number of thioether (sulfide) groups is 1. The standard InChI is InChI=1S/C20H24N2OS/c1-15-16(2)22(13-12-21-15)20(23)18-10-8-17(9-11-18)14-24-19-6-4-3-5-7-19/h3-11,15-16,21H,12-14H2,1-2H3. The van der Waals surface area contributed by atoms with E-state index in [1.165, 1.54) is 10.5 Å². The number of benzene rings is 2. The summed E-state index contributed by atoms with van der Waals surface area (Å²) in [5.41, 5.74) is 2.02. The molecule has 1 aliphatic heterocycles. The lowest BCUT2D eigenvalue weighted by molar-refractivity contribution is 0.0603. The molecule has 4 heteroatoms. The van der Waals surface area contributed by atoms with Crippen molar-refractivity contribution in [2.24, 2.45) is 0 Å². The van der Waals surface area contributed by atoms with Gasteiger partial charge in [0.15, 0.2) is 0 Å². The van der Waals surface area contributed by atoms with Crippen molar-refractivity contribution in [2.45, 2.75) is 36.6 Å². The van der Waals surface area contributed by atoms with Gasteiger partial charge in [-0.2, -0.15) is 0 Å². The summed E-state index contributed by atoms with van der Waals surface area (Å²) in [6.45, 7) is 5.88. The Balaban J connectivity index is 1.62. The Morgan fingerprint density at radius 1 is 1.12 bits per heavy atom. The van der Waals surface area contributed by atoms with Crippen molar-refractivity contribution in [3.8, 4) is 0 Å². The zero-order valence-electron chi connectivity index (χ0n) is 14.2. The number of amides is 1. The van der Waals surface area contributed by atoms with Gasteiger partial charge in [0.1, 0.15) is 0 Å². The minimum Gasteiger partial charge on any atom is -0.333 e. The molecule has 2 unspecified atom stereocenters. The van der Waals surface area contributed by atoms with Gasteiger partial charge in [0.2, 0.25) is 0 Å². The van der Waals surface area contributed by atoms with Crippen molar-refractivity contribution in [1.29, 1.82) is 0 Å². The van der Waals surface area contributed by atoms with Crippen LogP contribution in [0.25, 0.3) is 0 Å². The smallest absolute Gasteiger partial charge is 0.254 e. The van der Waals surface area contributed by atoms with E-state index in [9.17, 15) is 4.79 Å².